The molecule has 1 atom stereocenters. The number of rotatable bonds is 10. The van der Waals surface area contributed by atoms with Gasteiger partial charge < -0.3 is 14.8 Å². The van der Waals surface area contributed by atoms with E-state index in [1.807, 2.05) is 42.7 Å². The number of ether oxygens (including phenoxy) is 2. The Morgan fingerprint density at radius 2 is 2.09 bits per heavy atom. The standard InChI is InChI=1S/C23H25ClN4O3S/c1-5-12-28-22(16(3)31-17-10-11-18(24)15(2)13-17)26-27-23(28)32-14-21(29)25-19-8-6-7-9-20(19)30-4/h5-11,13,16H,1,12,14H2,2-4H3,(H,25,29). The average molecular weight is 473 g/mol. The van der Waals surface area contributed by atoms with E-state index in [2.05, 4.69) is 22.1 Å². The van der Waals surface area contributed by atoms with E-state index >= 15 is 0 Å². The number of methoxy groups -OCH3 is 1. The number of para-hydroxylation sites is 2. The first kappa shape index (κ1) is 23.7. The molecule has 0 aliphatic rings. The van der Waals surface area contributed by atoms with Crippen LogP contribution in [0.5, 0.6) is 11.5 Å². The highest BCUT2D eigenvalue weighted by atomic mass is 35.5. The number of carbonyl (C=O) groups excluding carboxylic acids is 1. The van der Waals surface area contributed by atoms with Crippen LogP contribution in [0.4, 0.5) is 5.69 Å². The second-order valence-electron chi connectivity index (χ2n) is 6.95. The van der Waals surface area contributed by atoms with Crippen LogP contribution in [-0.2, 0) is 11.3 Å². The molecule has 7 nitrogen and oxygen atoms in total. The zero-order valence-corrected chi connectivity index (χ0v) is 19.7. The summed E-state index contributed by atoms with van der Waals surface area (Å²) in [6.45, 7) is 8.13. The molecule has 168 valence electrons. The molecule has 3 rings (SSSR count). The number of hydrogen-bond acceptors (Lipinski definition) is 6. The maximum absolute atomic E-state index is 12.5. The second kappa shape index (κ2) is 11.1. The SMILES string of the molecule is C=CCn1c(SCC(=O)Nc2ccccc2OC)nnc1C(C)Oc1ccc(Cl)c(C)c1. The summed E-state index contributed by atoms with van der Waals surface area (Å²) in [5, 5.41) is 12.7. The van der Waals surface area contributed by atoms with Crippen LogP contribution < -0.4 is 14.8 Å². The number of aromatic nitrogens is 3. The molecule has 1 N–H and O–H groups in total. The average Bonchev–Trinajstić information content (AvgIpc) is 3.18. The number of hydrogen-bond donors (Lipinski definition) is 1. The van der Waals surface area contributed by atoms with E-state index in [4.69, 9.17) is 21.1 Å². The van der Waals surface area contributed by atoms with E-state index in [0.717, 1.165) is 5.56 Å². The third kappa shape index (κ3) is 5.83. The Bertz CT molecular complexity index is 1100. The highest BCUT2D eigenvalue weighted by Gasteiger charge is 2.20. The molecule has 32 heavy (non-hydrogen) atoms. The van der Waals surface area contributed by atoms with E-state index in [0.29, 0.717) is 39.7 Å². The topological polar surface area (TPSA) is 78.3 Å². The number of benzene rings is 2. The van der Waals surface area contributed by atoms with Crippen molar-refractivity contribution >= 4 is 35.0 Å². The number of carbonyl (C=O) groups is 1. The van der Waals surface area contributed by atoms with Crippen LogP contribution in [0.3, 0.4) is 0 Å². The van der Waals surface area contributed by atoms with E-state index in [9.17, 15) is 4.79 Å². The van der Waals surface area contributed by atoms with Crippen molar-refractivity contribution < 1.29 is 14.3 Å². The number of allylic oxidation sites excluding steroid dienone is 1. The Kier molecular flexibility index (Phi) is 8.19. The number of nitrogens with zero attached hydrogens (tertiary/aromatic N) is 3. The minimum absolute atomic E-state index is 0.166. The Labute approximate surface area is 196 Å². The number of anilines is 1. The predicted molar refractivity (Wildman–Crippen MR) is 128 cm³/mol. The predicted octanol–water partition coefficient (Wildman–Crippen LogP) is 5.31. The third-order valence-corrected chi connectivity index (χ3v) is 5.97. The third-order valence-electron chi connectivity index (χ3n) is 4.58. The van der Waals surface area contributed by atoms with Crippen molar-refractivity contribution in [1.29, 1.82) is 0 Å². The molecule has 1 amide bonds. The number of amides is 1. The Morgan fingerprint density at radius 1 is 1.31 bits per heavy atom. The molecule has 2 aromatic carbocycles. The lowest BCUT2D eigenvalue weighted by molar-refractivity contribution is -0.113. The van der Waals surface area contributed by atoms with Gasteiger partial charge in [0.2, 0.25) is 5.91 Å². The molecule has 0 aliphatic heterocycles. The lowest BCUT2D eigenvalue weighted by Gasteiger charge is -2.16. The molecule has 1 aromatic heterocycles. The zero-order chi connectivity index (χ0) is 23.1. The van der Waals surface area contributed by atoms with Gasteiger partial charge in [0.15, 0.2) is 17.1 Å². The lowest BCUT2D eigenvalue weighted by atomic mass is 10.2. The van der Waals surface area contributed by atoms with Gasteiger partial charge in [-0.1, -0.05) is 41.6 Å². The van der Waals surface area contributed by atoms with Gasteiger partial charge in [-0.25, -0.2) is 0 Å². The Hall–Kier alpha value is -2.97. The minimum Gasteiger partial charge on any atom is -0.495 e. The number of aryl methyl sites for hydroxylation is 1. The summed E-state index contributed by atoms with van der Waals surface area (Å²) in [7, 11) is 1.56. The fourth-order valence-corrected chi connectivity index (χ4v) is 3.89. The van der Waals surface area contributed by atoms with Crippen molar-refractivity contribution in [3.05, 3.63) is 71.5 Å². The largest absolute Gasteiger partial charge is 0.495 e. The van der Waals surface area contributed by atoms with Crippen LogP contribution in [0.2, 0.25) is 5.02 Å². The summed E-state index contributed by atoms with van der Waals surface area (Å²) in [5.41, 5.74) is 1.55. The second-order valence-corrected chi connectivity index (χ2v) is 8.30. The molecule has 0 saturated heterocycles. The molecule has 0 bridgehead atoms. The zero-order valence-electron chi connectivity index (χ0n) is 18.2. The fraction of sp³-hybridized carbons (Fsp3) is 0.261. The van der Waals surface area contributed by atoms with Crippen LogP contribution in [0, 0.1) is 6.92 Å². The van der Waals surface area contributed by atoms with Crippen LogP contribution in [0.25, 0.3) is 0 Å². The molecule has 0 aliphatic carbocycles. The molecule has 3 aromatic rings. The van der Waals surface area contributed by atoms with Gasteiger partial charge in [-0.3, -0.25) is 9.36 Å². The van der Waals surface area contributed by atoms with Crippen LogP contribution in [0.15, 0.2) is 60.3 Å². The molecule has 1 heterocycles. The van der Waals surface area contributed by atoms with Gasteiger partial charge in [-0.15, -0.1) is 16.8 Å². The van der Waals surface area contributed by atoms with Crippen LogP contribution in [0.1, 0.15) is 24.4 Å². The first-order chi connectivity index (χ1) is 15.4. The van der Waals surface area contributed by atoms with Gasteiger partial charge in [0.05, 0.1) is 18.6 Å². The van der Waals surface area contributed by atoms with Gasteiger partial charge in [-0.05, 0) is 49.7 Å². The Morgan fingerprint density at radius 3 is 2.81 bits per heavy atom. The smallest absolute Gasteiger partial charge is 0.234 e. The summed E-state index contributed by atoms with van der Waals surface area (Å²) in [5.74, 6) is 1.93. The molecule has 1 unspecified atom stereocenters. The number of thioether (sulfide) groups is 1. The van der Waals surface area contributed by atoms with Crippen LogP contribution >= 0.6 is 23.4 Å². The highest BCUT2D eigenvalue weighted by Crippen LogP contribution is 2.28. The van der Waals surface area contributed by atoms with Crippen molar-refractivity contribution in [2.24, 2.45) is 0 Å². The van der Waals surface area contributed by atoms with Crippen molar-refractivity contribution in [2.75, 3.05) is 18.2 Å². The molecule has 0 saturated carbocycles. The van der Waals surface area contributed by atoms with Gasteiger partial charge in [0.25, 0.3) is 0 Å². The van der Waals surface area contributed by atoms with E-state index in [1.54, 1.807) is 31.4 Å². The molecular formula is C23H25ClN4O3S. The Balaban J connectivity index is 1.69. The minimum atomic E-state index is -0.361. The summed E-state index contributed by atoms with van der Waals surface area (Å²) in [6, 6.07) is 12.8. The van der Waals surface area contributed by atoms with E-state index in [1.165, 1.54) is 11.8 Å². The van der Waals surface area contributed by atoms with E-state index in [-0.39, 0.29) is 17.8 Å². The normalized spacial score (nSPS) is 11.6. The molecule has 9 heteroatoms. The van der Waals surface area contributed by atoms with E-state index < -0.39 is 0 Å². The quantitative estimate of drug-likeness (QED) is 0.318. The first-order valence-electron chi connectivity index (χ1n) is 9.95. The van der Waals surface area contributed by atoms with Crippen LogP contribution in [-0.4, -0.2) is 33.5 Å². The fourth-order valence-electron chi connectivity index (χ4n) is 3.02. The van der Waals surface area contributed by atoms with Crippen molar-refractivity contribution in [1.82, 2.24) is 14.8 Å². The number of halogens is 1. The van der Waals surface area contributed by atoms with Crippen molar-refractivity contribution in [3.63, 3.8) is 0 Å². The molecule has 0 radical (unpaired) electrons. The van der Waals surface area contributed by atoms with Crippen molar-refractivity contribution in [2.45, 2.75) is 31.7 Å². The summed E-state index contributed by atoms with van der Waals surface area (Å²) in [4.78, 5) is 12.5. The van der Waals surface area contributed by atoms with Gasteiger partial charge in [-0.2, -0.15) is 0 Å². The maximum atomic E-state index is 12.5. The lowest BCUT2D eigenvalue weighted by Crippen LogP contribution is -2.16. The first-order valence-corrected chi connectivity index (χ1v) is 11.3. The van der Waals surface area contributed by atoms with Gasteiger partial charge >= 0.3 is 0 Å². The monoisotopic (exact) mass is 472 g/mol. The van der Waals surface area contributed by atoms with Gasteiger partial charge in [0, 0.05) is 11.6 Å². The summed E-state index contributed by atoms with van der Waals surface area (Å²) in [6.07, 6.45) is 1.39. The van der Waals surface area contributed by atoms with Crippen molar-refractivity contribution in [3.8, 4) is 11.5 Å². The van der Waals surface area contributed by atoms with Gasteiger partial charge in [0.1, 0.15) is 11.5 Å². The summed E-state index contributed by atoms with van der Waals surface area (Å²) < 4.78 is 13.2. The summed E-state index contributed by atoms with van der Waals surface area (Å²) >= 11 is 7.39. The maximum Gasteiger partial charge on any atom is 0.234 e. The highest BCUT2D eigenvalue weighted by molar-refractivity contribution is 7.99. The molecule has 0 fully saturated rings. The molecule has 0 spiro atoms. The number of nitrogens with one attached hydrogen (secondary N) is 1. The molecular weight excluding hydrogens is 448 g/mol.